The molecule has 2 atom stereocenters. The van der Waals surface area contributed by atoms with Crippen LogP contribution in [-0.4, -0.2) is 22.0 Å². The van der Waals surface area contributed by atoms with Crippen molar-refractivity contribution >= 4 is 0 Å². The second kappa shape index (κ2) is 4.90. The smallest absolute Gasteiger partial charge is 0.123 e. The highest BCUT2D eigenvalue weighted by Gasteiger charge is 2.30. The first-order valence-corrected chi connectivity index (χ1v) is 6.50. The van der Waals surface area contributed by atoms with Gasteiger partial charge in [0, 0.05) is 30.2 Å². The standard InChI is InChI=1S/C14H18N4/c1-15-13(14-17-8-9-18-14)11-6-2-4-10-5-3-7-16-12(10)11/h3,5,7-9,11,13,15H,2,4,6H2,1H3,(H,17,18). The largest absolute Gasteiger partial charge is 0.347 e. The number of nitrogens with zero attached hydrogens (tertiary/aromatic N) is 2. The summed E-state index contributed by atoms with van der Waals surface area (Å²) in [4.78, 5) is 12.2. The van der Waals surface area contributed by atoms with Gasteiger partial charge in [0.05, 0.1) is 6.04 Å². The van der Waals surface area contributed by atoms with Gasteiger partial charge in [-0.1, -0.05) is 6.07 Å². The highest BCUT2D eigenvalue weighted by Crippen LogP contribution is 2.37. The van der Waals surface area contributed by atoms with Crippen molar-refractivity contribution in [3.63, 3.8) is 0 Å². The third-order valence-corrected chi connectivity index (χ3v) is 3.77. The molecule has 1 aliphatic carbocycles. The molecular formula is C14H18N4. The van der Waals surface area contributed by atoms with E-state index < -0.39 is 0 Å². The van der Waals surface area contributed by atoms with Gasteiger partial charge < -0.3 is 10.3 Å². The molecule has 4 heteroatoms. The van der Waals surface area contributed by atoms with Crippen LogP contribution in [0.1, 0.15) is 41.9 Å². The number of aromatic amines is 1. The number of nitrogens with one attached hydrogen (secondary N) is 2. The van der Waals surface area contributed by atoms with Crippen LogP contribution in [0.5, 0.6) is 0 Å². The number of fused-ring (bicyclic) bond motifs is 1. The topological polar surface area (TPSA) is 53.6 Å². The zero-order chi connectivity index (χ0) is 12.4. The summed E-state index contributed by atoms with van der Waals surface area (Å²) in [6.45, 7) is 0. The summed E-state index contributed by atoms with van der Waals surface area (Å²) in [5.41, 5.74) is 2.63. The van der Waals surface area contributed by atoms with Crippen LogP contribution in [0.4, 0.5) is 0 Å². The molecule has 0 saturated carbocycles. The van der Waals surface area contributed by atoms with Gasteiger partial charge in [0.1, 0.15) is 5.82 Å². The predicted octanol–water partition coefficient (Wildman–Crippen LogP) is 2.19. The summed E-state index contributed by atoms with van der Waals surface area (Å²) in [5.74, 6) is 1.41. The third-order valence-electron chi connectivity index (χ3n) is 3.77. The second-order valence-corrected chi connectivity index (χ2v) is 4.79. The lowest BCUT2D eigenvalue weighted by molar-refractivity contribution is 0.403. The molecule has 0 saturated heterocycles. The zero-order valence-electron chi connectivity index (χ0n) is 10.6. The molecule has 0 radical (unpaired) electrons. The maximum absolute atomic E-state index is 4.60. The fourth-order valence-corrected chi connectivity index (χ4v) is 2.95. The van der Waals surface area contributed by atoms with E-state index in [2.05, 4.69) is 26.3 Å². The Morgan fingerprint density at radius 1 is 1.39 bits per heavy atom. The number of rotatable bonds is 3. The minimum absolute atomic E-state index is 0.217. The van der Waals surface area contributed by atoms with Crippen LogP contribution < -0.4 is 5.32 Å². The lowest BCUT2D eigenvalue weighted by atomic mass is 9.81. The Morgan fingerprint density at radius 3 is 3.11 bits per heavy atom. The SMILES string of the molecule is CNC(c1ncc[nH]1)C1CCCc2cccnc21. The minimum atomic E-state index is 0.217. The molecule has 0 spiro atoms. The van der Waals surface area contributed by atoms with Crippen molar-refractivity contribution in [1.82, 2.24) is 20.3 Å². The second-order valence-electron chi connectivity index (χ2n) is 4.79. The summed E-state index contributed by atoms with van der Waals surface area (Å²) in [6.07, 6.45) is 9.11. The zero-order valence-corrected chi connectivity index (χ0v) is 10.6. The van der Waals surface area contributed by atoms with E-state index in [1.807, 2.05) is 31.7 Å². The van der Waals surface area contributed by atoms with Crippen molar-refractivity contribution in [3.8, 4) is 0 Å². The number of aryl methyl sites for hydroxylation is 1. The van der Waals surface area contributed by atoms with E-state index in [1.165, 1.54) is 17.7 Å². The van der Waals surface area contributed by atoms with Crippen molar-refractivity contribution in [1.29, 1.82) is 0 Å². The van der Waals surface area contributed by atoms with Gasteiger partial charge in [-0.2, -0.15) is 0 Å². The van der Waals surface area contributed by atoms with E-state index in [9.17, 15) is 0 Å². The minimum Gasteiger partial charge on any atom is -0.347 e. The van der Waals surface area contributed by atoms with Gasteiger partial charge >= 0.3 is 0 Å². The van der Waals surface area contributed by atoms with Crippen LogP contribution in [0.25, 0.3) is 0 Å². The van der Waals surface area contributed by atoms with Gasteiger partial charge in [0.15, 0.2) is 0 Å². The van der Waals surface area contributed by atoms with Crippen molar-refractivity contribution in [2.75, 3.05) is 7.05 Å². The first-order valence-electron chi connectivity index (χ1n) is 6.50. The van der Waals surface area contributed by atoms with Gasteiger partial charge in [0.2, 0.25) is 0 Å². The molecule has 2 unspecified atom stereocenters. The number of aromatic nitrogens is 3. The monoisotopic (exact) mass is 242 g/mol. The van der Waals surface area contributed by atoms with E-state index in [0.717, 1.165) is 18.7 Å². The molecule has 0 aromatic carbocycles. The summed E-state index contributed by atoms with van der Waals surface area (Å²) in [5, 5.41) is 3.38. The van der Waals surface area contributed by atoms with Crippen molar-refractivity contribution in [2.24, 2.45) is 0 Å². The predicted molar refractivity (Wildman–Crippen MR) is 70.3 cm³/mol. The van der Waals surface area contributed by atoms with Crippen LogP contribution in [0.15, 0.2) is 30.7 Å². The molecule has 0 bridgehead atoms. The normalized spacial score (nSPS) is 20.4. The Labute approximate surface area is 107 Å². The average molecular weight is 242 g/mol. The van der Waals surface area contributed by atoms with E-state index in [-0.39, 0.29) is 6.04 Å². The molecule has 2 heterocycles. The highest BCUT2D eigenvalue weighted by molar-refractivity contribution is 5.28. The van der Waals surface area contributed by atoms with Crippen LogP contribution in [0, 0.1) is 0 Å². The first kappa shape index (κ1) is 11.4. The van der Waals surface area contributed by atoms with E-state index in [1.54, 1.807) is 0 Å². The van der Waals surface area contributed by atoms with E-state index in [0.29, 0.717) is 5.92 Å². The lowest BCUT2D eigenvalue weighted by Crippen LogP contribution is -2.28. The van der Waals surface area contributed by atoms with Gasteiger partial charge in [-0.3, -0.25) is 4.98 Å². The number of likely N-dealkylation sites (N-methyl/N-ethyl adjacent to an activating group) is 1. The molecule has 2 aromatic heterocycles. The van der Waals surface area contributed by atoms with Gasteiger partial charge in [-0.25, -0.2) is 4.98 Å². The maximum atomic E-state index is 4.60. The average Bonchev–Trinajstić information content (AvgIpc) is 2.94. The summed E-state index contributed by atoms with van der Waals surface area (Å²) in [6, 6.07) is 4.44. The molecule has 18 heavy (non-hydrogen) atoms. The Balaban J connectivity index is 1.97. The van der Waals surface area contributed by atoms with E-state index in [4.69, 9.17) is 0 Å². The molecule has 0 aliphatic heterocycles. The molecule has 4 nitrogen and oxygen atoms in total. The Morgan fingerprint density at radius 2 is 2.33 bits per heavy atom. The molecule has 2 N–H and O–H groups in total. The fourth-order valence-electron chi connectivity index (χ4n) is 2.95. The van der Waals surface area contributed by atoms with Crippen LogP contribution in [-0.2, 0) is 6.42 Å². The quantitative estimate of drug-likeness (QED) is 0.867. The van der Waals surface area contributed by atoms with Crippen molar-refractivity contribution in [2.45, 2.75) is 31.2 Å². The third kappa shape index (κ3) is 1.93. The van der Waals surface area contributed by atoms with Gasteiger partial charge in [0.25, 0.3) is 0 Å². The molecule has 94 valence electrons. The lowest BCUT2D eigenvalue weighted by Gasteiger charge is -2.30. The van der Waals surface area contributed by atoms with Crippen LogP contribution >= 0.6 is 0 Å². The molecule has 0 fully saturated rings. The number of H-pyrrole nitrogens is 1. The highest BCUT2D eigenvalue weighted by atomic mass is 15.0. The first-order chi connectivity index (χ1) is 8.90. The summed E-state index contributed by atoms with van der Waals surface area (Å²) < 4.78 is 0. The fraction of sp³-hybridized carbons (Fsp3) is 0.429. The molecule has 0 amide bonds. The van der Waals surface area contributed by atoms with Gasteiger partial charge in [-0.15, -0.1) is 0 Å². The summed E-state index contributed by atoms with van der Waals surface area (Å²) in [7, 11) is 1.99. The van der Waals surface area contributed by atoms with Crippen molar-refractivity contribution < 1.29 is 0 Å². The van der Waals surface area contributed by atoms with E-state index >= 15 is 0 Å². The number of hydrogen-bond donors (Lipinski definition) is 2. The molecule has 2 aromatic rings. The maximum Gasteiger partial charge on any atom is 0.123 e. The molecule has 3 rings (SSSR count). The van der Waals surface area contributed by atoms with Gasteiger partial charge in [-0.05, 0) is 37.9 Å². The number of pyridine rings is 1. The Kier molecular flexibility index (Phi) is 3.11. The number of hydrogen-bond acceptors (Lipinski definition) is 3. The van der Waals surface area contributed by atoms with Crippen molar-refractivity contribution in [3.05, 3.63) is 47.8 Å². The van der Waals surface area contributed by atoms with Crippen LogP contribution in [0.3, 0.4) is 0 Å². The Bertz CT molecular complexity index is 506. The number of imidazole rings is 1. The summed E-state index contributed by atoms with van der Waals surface area (Å²) >= 11 is 0. The van der Waals surface area contributed by atoms with Crippen LogP contribution in [0.2, 0.25) is 0 Å². The molecular weight excluding hydrogens is 224 g/mol. The molecule has 1 aliphatic rings. The Hall–Kier alpha value is -1.68.